The Labute approximate surface area is 106 Å². The summed E-state index contributed by atoms with van der Waals surface area (Å²) >= 11 is 0. The van der Waals surface area contributed by atoms with Crippen LogP contribution in [-0.4, -0.2) is 22.7 Å². The van der Waals surface area contributed by atoms with Crippen LogP contribution in [0.4, 0.5) is 0 Å². The van der Waals surface area contributed by atoms with Crippen molar-refractivity contribution in [1.29, 1.82) is 0 Å². The summed E-state index contributed by atoms with van der Waals surface area (Å²) in [5.41, 5.74) is 0. The molecule has 0 aliphatic rings. The van der Waals surface area contributed by atoms with E-state index in [0.29, 0.717) is 6.61 Å². The smallest absolute Gasteiger partial charge is 0.245 e. The fourth-order valence-corrected chi connectivity index (χ4v) is 2.22. The van der Waals surface area contributed by atoms with E-state index in [1.165, 1.54) is 51.4 Å². The predicted octanol–water partition coefficient (Wildman–Crippen LogP) is 4.10. The van der Waals surface area contributed by atoms with E-state index >= 15 is 0 Å². The van der Waals surface area contributed by atoms with Crippen LogP contribution in [-0.2, 0) is 4.52 Å². The summed E-state index contributed by atoms with van der Waals surface area (Å²) in [4.78, 5) is 17.8. The Bertz CT molecular complexity index is 201. The van der Waals surface area contributed by atoms with Crippen molar-refractivity contribution in [2.45, 2.75) is 71.1 Å². The van der Waals surface area contributed by atoms with Gasteiger partial charge in [-0.25, -0.2) is 0 Å². The zero-order valence-electron chi connectivity index (χ0n) is 11.2. The van der Waals surface area contributed by atoms with Crippen molar-refractivity contribution < 1.29 is 14.3 Å². The van der Waals surface area contributed by atoms with E-state index in [1.54, 1.807) is 0 Å². The molecule has 0 aromatic carbocycles. The normalized spacial score (nSPS) is 11.9. The van der Waals surface area contributed by atoms with Gasteiger partial charge in [-0.05, 0) is 12.7 Å². The molecule has 4 heteroatoms. The van der Waals surface area contributed by atoms with Crippen LogP contribution in [0.3, 0.4) is 0 Å². The Morgan fingerprint density at radius 3 is 1.65 bits per heavy atom. The number of hydrogen-bond donors (Lipinski definition) is 2. The van der Waals surface area contributed by atoms with Gasteiger partial charge in [-0.2, -0.15) is 0 Å². The largest absolute Gasteiger partial charge is 0.333 e. The number of unbranched alkanes of at least 4 members (excludes halogenated alkanes) is 9. The molecule has 0 unspecified atom stereocenters. The Morgan fingerprint density at radius 1 is 0.824 bits per heavy atom. The van der Waals surface area contributed by atoms with Crippen LogP contribution >= 0.6 is 7.57 Å². The van der Waals surface area contributed by atoms with Crippen molar-refractivity contribution in [3.63, 3.8) is 0 Å². The third-order valence-electron chi connectivity index (χ3n) is 2.80. The van der Waals surface area contributed by atoms with Crippen LogP contribution in [0.25, 0.3) is 0 Å². The summed E-state index contributed by atoms with van der Waals surface area (Å²) in [5.74, 6) is 0. The van der Waals surface area contributed by atoms with Crippen LogP contribution in [0.2, 0.25) is 0 Å². The minimum absolute atomic E-state index is 0.417. The third-order valence-corrected chi connectivity index (χ3v) is 3.39. The van der Waals surface area contributed by atoms with Gasteiger partial charge in [0.2, 0.25) is 7.57 Å². The summed E-state index contributed by atoms with van der Waals surface area (Å²) in [5, 5.41) is 0. The topological polar surface area (TPSA) is 49.7 Å². The van der Waals surface area contributed by atoms with Gasteiger partial charge in [-0.15, -0.1) is 0 Å². The Morgan fingerprint density at radius 2 is 1.24 bits per heavy atom. The highest BCUT2D eigenvalue weighted by molar-refractivity contribution is 7.57. The molecule has 2 N–H and O–H groups in total. The molecular formula is C13H29O3P. The molecule has 104 valence electrons. The first kappa shape index (κ1) is 17.2. The lowest BCUT2D eigenvalue weighted by Crippen LogP contribution is -1.92. The average Bonchev–Trinajstić information content (AvgIpc) is 2.24. The van der Waals surface area contributed by atoms with E-state index in [0.717, 1.165) is 12.8 Å². The first-order valence-corrected chi connectivity index (χ1v) is 8.69. The first-order chi connectivity index (χ1) is 8.06. The van der Waals surface area contributed by atoms with Crippen LogP contribution in [0.1, 0.15) is 71.1 Å². The molecule has 0 amide bonds. The van der Waals surface area contributed by atoms with Crippen molar-refractivity contribution in [3.05, 3.63) is 0 Å². The lowest BCUT2D eigenvalue weighted by Gasteiger charge is -2.09. The fraction of sp³-hybridized carbons (Fsp3) is 0.923. The maximum atomic E-state index is 8.89. The molecule has 0 heterocycles. The van der Waals surface area contributed by atoms with Crippen LogP contribution in [0.15, 0.2) is 0 Å². The van der Waals surface area contributed by atoms with Gasteiger partial charge in [0.15, 0.2) is 0 Å². The summed E-state index contributed by atoms with van der Waals surface area (Å²) in [6.07, 6.45) is 15.8. The highest BCUT2D eigenvalue weighted by atomic mass is 31.2. The molecule has 0 fully saturated rings. The molecule has 0 saturated carbocycles. The average molecular weight is 264 g/mol. The highest BCUT2D eigenvalue weighted by Gasteiger charge is 2.02. The maximum Gasteiger partial charge on any atom is 0.245 e. The molecule has 17 heavy (non-hydrogen) atoms. The first-order valence-electron chi connectivity index (χ1n) is 6.89. The summed E-state index contributed by atoms with van der Waals surface area (Å²) < 4.78 is 4.81. The van der Waals surface area contributed by atoms with E-state index < -0.39 is 7.57 Å². The van der Waals surface area contributed by atoms with E-state index in [4.69, 9.17) is 14.3 Å². The highest BCUT2D eigenvalue weighted by Crippen LogP contribution is 2.35. The predicted molar refractivity (Wildman–Crippen MR) is 76.3 cm³/mol. The van der Waals surface area contributed by atoms with Crippen molar-refractivity contribution in [2.24, 2.45) is 0 Å². The Balaban J connectivity index is 3.01. The van der Waals surface area contributed by atoms with Gasteiger partial charge in [-0.3, -0.25) is 0 Å². The molecule has 0 aliphatic carbocycles. The zero-order chi connectivity index (χ0) is 13.0. The fourth-order valence-electron chi connectivity index (χ4n) is 1.80. The van der Waals surface area contributed by atoms with E-state index in [1.807, 2.05) is 0 Å². The van der Waals surface area contributed by atoms with E-state index in [-0.39, 0.29) is 0 Å². The molecule has 0 saturated heterocycles. The molecule has 0 aromatic rings. The van der Waals surface area contributed by atoms with Gasteiger partial charge < -0.3 is 14.3 Å². The van der Waals surface area contributed by atoms with Gasteiger partial charge in [0.1, 0.15) is 0 Å². The van der Waals surface area contributed by atoms with Crippen molar-refractivity contribution in [2.75, 3.05) is 6.61 Å². The zero-order valence-corrected chi connectivity index (χ0v) is 12.1. The van der Waals surface area contributed by atoms with Gasteiger partial charge in [-0.1, -0.05) is 64.7 Å². The minimum Gasteiger partial charge on any atom is -0.333 e. The second kappa shape index (κ2) is 11.3. The second-order valence-corrected chi connectivity index (χ2v) is 6.27. The quantitative estimate of drug-likeness (QED) is 0.412. The SMILES string of the molecule is C=P(O)(O)OCCCCCCCCCCCC. The summed E-state index contributed by atoms with van der Waals surface area (Å²) in [7, 11) is -3.24. The molecule has 0 rings (SSSR count). The van der Waals surface area contributed by atoms with Crippen LogP contribution in [0.5, 0.6) is 0 Å². The monoisotopic (exact) mass is 264 g/mol. The Kier molecular flexibility index (Phi) is 11.4. The van der Waals surface area contributed by atoms with E-state index in [2.05, 4.69) is 13.2 Å². The second-order valence-electron chi connectivity index (χ2n) is 4.68. The number of rotatable bonds is 12. The van der Waals surface area contributed by atoms with Crippen molar-refractivity contribution in [1.82, 2.24) is 0 Å². The van der Waals surface area contributed by atoms with Gasteiger partial charge in [0.25, 0.3) is 0 Å². The van der Waals surface area contributed by atoms with Crippen LogP contribution in [0, 0.1) is 0 Å². The molecule has 0 aliphatic heterocycles. The minimum atomic E-state index is -3.24. The lowest BCUT2D eigenvalue weighted by atomic mass is 10.1. The molecule has 0 atom stereocenters. The molecule has 3 nitrogen and oxygen atoms in total. The number of hydrogen-bond acceptors (Lipinski definition) is 3. The third kappa shape index (κ3) is 16.2. The van der Waals surface area contributed by atoms with Gasteiger partial charge >= 0.3 is 0 Å². The standard InChI is InChI=1S/C13H29O3P/c1-3-4-5-6-7-8-9-10-11-12-13-16-17(2,14)15/h14-15H,2-13H2,1H3. The summed E-state index contributed by atoms with van der Waals surface area (Å²) in [6, 6.07) is 0. The Hall–Kier alpha value is 0.180. The molecule has 0 bridgehead atoms. The van der Waals surface area contributed by atoms with E-state index in [9.17, 15) is 0 Å². The maximum absolute atomic E-state index is 8.89. The van der Waals surface area contributed by atoms with Crippen molar-refractivity contribution in [3.8, 4) is 0 Å². The van der Waals surface area contributed by atoms with Gasteiger partial charge in [0.05, 0.1) is 6.61 Å². The van der Waals surface area contributed by atoms with Crippen molar-refractivity contribution >= 4 is 13.9 Å². The van der Waals surface area contributed by atoms with Gasteiger partial charge in [0, 0.05) is 0 Å². The summed E-state index contributed by atoms with van der Waals surface area (Å²) in [6.45, 7) is 2.66. The molecule has 0 aromatic heterocycles. The molecule has 0 spiro atoms. The molecular weight excluding hydrogens is 235 g/mol. The molecule has 0 radical (unpaired) electrons. The van der Waals surface area contributed by atoms with Crippen LogP contribution < -0.4 is 0 Å². The lowest BCUT2D eigenvalue weighted by molar-refractivity contribution is 0.243.